The molecule has 2 N–H and O–H groups in total. The van der Waals surface area contributed by atoms with Gasteiger partial charge in [-0.3, -0.25) is 14.4 Å². The number of amides is 2. The van der Waals surface area contributed by atoms with Gasteiger partial charge < -0.3 is 24.8 Å². The van der Waals surface area contributed by atoms with Gasteiger partial charge in [0, 0.05) is 25.3 Å². The summed E-state index contributed by atoms with van der Waals surface area (Å²) in [6, 6.07) is 18.3. The predicted octanol–water partition coefficient (Wildman–Crippen LogP) is 4.46. The minimum Gasteiger partial charge on any atom is -0.459 e. The summed E-state index contributed by atoms with van der Waals surface area (Å²) in [4.78, 5) is 53.2. The van der Waals surface area contributed by atoms with Crippen molar-refractivity contribution in [3.8, 4) is 0 Å². The third-order valence-electron chi connectivity index (χ3n) is 8.03. The van der Waals surface area contributed by atoms with E-state index >= 15 is 0 Å². The van der Waals surface area contributed by atoms with Crippen LogP contribution in [0.1, 0.15) is 64.7 Å². The molecule has 2 aromatic rings. The van der Waals surface area contributed by atoms with Crippen LogP contribution in [0.3, 0.4) is 0 Å². The Labute approximate surface area is 259 Å². The molecule has 0 unspecified atom stereocenters. The van der Waals surface area contributed by atoms with Crippen molar-refractivity contribution in [1.82, 2.24) is 10.6 Å². The summed E-state index contributed by atoms with van der Waals surface area (Å²) in [6.07, 6.45) is 1.69. The van der Waals surface area contributed by atoms with Crippen LogP contribution in [-0.4, -0.2) is 54.7 Å². The van der Waals surface area contributed by atoms with Crippen molar-refractivity contribution >= 4 is 23.8 Å². The number of nitrogens with one attached hydrogen (secondary N) is 2. The number of hydrogen-bond donors (Lipinski definition) is 2. The normalized spacial score (nSPS) is 27.8. The number of ether oxygens (including phenoxy) is 3. The second kappa shape index (κ2) is 14.7. The quantitative estimate of drug-likeness (QED) is 0.353. The Hall–Kier alpha value is -3.98. The van der Waals surface area contributed by atoms with E-state index in [0.717, 1.165) is 11.1 Å². The summed E-state index contributed by atoms with van der Waals surface area (Å²) < 4.78 is 17.8. The average molecular weight is 605 g/mol. The summed E-state index contributed by atoms with van der Waals surface area (Å²) >= 11 is 0. The van der Waals surface area contributed by atoms with Crippen LogP contribution in [-0.2, 0) is 39.8 Å². The van der Waals surface area contributed by atoms with Gasteiger partial charge in [0.25, 0.3) is 0 Å². The average Bonchev–Trinajstić information content (AvgIpc) is 3.80. The molecule has 2 amide bonds. The van der Waals surface area contributed by atoms with E-state index in [9.17, 15) is 19.2 Å². The smallest absolute Gasteiger partial charge is 0.347 e. The largest absolute Gasteiger partial charge is 0.459 e. The summed E-state index contributed by atoms with van der Waals surface area (Å²) in [5, 5.41) is 5.59. The lowest BCUT2D eigenvalue weighted by Crippen LogP contribution is -2.51. The Morgan fingerprint density at radius 2 is 1.57 bits per heavy atom. The molecule has 2 aliphatic rings. The van der Waals surface area contributed by atoms with Gasteiger partial charge in [0.1, 0.15) is 18.2 Å². The molecular formula is C35H44N2O7. The minimum atomic E-state index is -1.15. The third kappa shape index (κ3) is 9.02. The van der Waals surface area contributed by atoms with Gasteiger partial charge in [0.2, 0.25) is 11.8 Å². The Morgan fingerprint density at radius 3 is 2.23 bits per heavy atom. The predicted molar refractivity (Wildman–Crippen MR) is 165 cm³/mol. The molecule has 0 spiro atoms. The molecule has 1 saturated heterocycles. The van der Waals surface area contributed by atoms with Crippen LogP contribution in [0.15, 0.2) is 72.8 Å². The van der Waals surface area contributed by atoms with E-state index in [2.05, 4.69) is 10.6 Å². The number of cyclic esters (lactones) is 2. The Bertz CT molecular complexity index is 1330. The summed E-state index contributed by atoms with van der Waals surface area (Å²) in [6.45, 7) is 9.05. The number of hydrogen-bond acceptors (Lipinski definition) is 7. The van der Waals surface area contributed by atoms with Crippen LogP contribution in [0.5, 0.6) is 0 Å². The van der Waals surface area contributed by atoms with E-state index in [0.29, 0.717) is 0 Å². The molecule has 0 saturated carbocycles. The fourth-order valence-corrected chi connectivity index (χ4v) is 5.24. The highest BCUT2D eigenvalue weighted by atomic mass is 16.6. The van der Waals surface area contributed by atoms with E-state index in [1.54, 1.807) is 19.9 Å². The van der Waals surface area contributed by atoms with E-state index in [4.69, 9.17) is 14.2 Å². The van der Waals surface area contributed by atoms with E-state index in [1.165, 1.54) is 6.08 Å². The van der Waals surface area contributed by atoms with E-state index in [-0.39, 0.29) is 49.9 Å². The van der Waals surface area contributed by atoms with Crippen molar-refractivity contribution < 1.29 is 33.4 Å². The second-order valence-electron chi connectivity index (χ2n) is 12.8. The zero-order valence-corrected chi connectivity index (χ0v) is 26.2. The first kappa shape index (κ1) is 32.9. The first-order valence-electron chi connectivity index (χ1n) is 15.3. The van der Waals surface area contributed by atoms with E-state index < -0.39 is 47.4 Å². The molecule has 0 radical (unpaired) electrons. The Balaban J connectivity index is 1.60. The lowest BCUT2D eigenvalue weighted by Gasteiger charge is -2.29. The number of benzene rings is 2. The van der Waals surface area contributed by atoms with Crippen molar-refractivity contribution in [2.45, 2.75) is 84.3 Å². The van der Waals surface area contributed by atoms with Crippen molar-refractivity contribution in [3.05, 3.63) is 83.9 Å². The van der Waals surface area contributed by atoms with Crippen molar-refractivity contribution in [2.75, 3.05) is 6.54 Å². The van der Waals surface area contributed by atoms with E-state index in [1.807, 2.05) is 81.4 Å². The number of esters is 2. The zero-order valence-electron chi connectivity index (χ0n) is 26.2. The van der Waals surface area contributed by atoms with Crippen molar-refractivity contribution in [3.63, 3.8) is 0 Å². The van der Waals surface area contributed by atoms with Gasteiger partial charge >= 0.3 is 11.9 Å². The molecule has 2 aromatic carbocycles. The Morgan fingerprint density at radius 1 is 0.909 bits per heavy atom. The molecule has 4 rings (SSSR count). The highest BCUT2D eigenvalue weighted by Crippen LogP contribution is 2.45. The molecule has 236 valence electrons. The van der Waals surface area contributed by atoms with Crippen LogP contribution in [0.25, 0.3) is 0 Å². The van der Waals surface area contributed by atoms with Gasteiger partial charge in [-0.1, -0.05) is 87.5 Å². The fourth-order valence-electron chi connectivity index (χ4n) is 5.24. The number of epoxide rings is 1. The molecule has 9 nitrogen and oxygen atoms in total. The lowest BCUT2D eigenvalue weighted by atomic mass is 9.92. The lowest BCUT2D eigenvalue weighted by molar-refractivity contribution is -0.179. The molecule has 6 atom stereocenters. The molecular weight excluding hydrogens is 560 g/mol. The molecule has 0 bridgehead atoms. The highest BCUT2D eigenvalue weighted by Gasteiger charge is 2.48. The van der Waals surface area contributed by atoms with Gasteiger partial charge in [-0.15, -0.1) is 0 Å². The van der Waals surface area contributed by atoms with Crippen molar-refractivity contribution in [1.29, 1.82) is 0 Å². The first-order chi connectivity index (χ1) is 20.9. The Kier molecular flexibility index (Phi) is 11.0. The highest BCUT2D eigenvalue weighted by molar-refractivity contribution is 5.93. The van der Waals surface area contributed by atoms with Crippen LogP contribution in [0.4, 0.5) is 0 Å². The zero-order chi connectivity index (χ0) is 31.9. The molecule has 0 aliphatic carbocycles. The third-order valence-corrected chi connectivity index (χ3v) is 8.03. The minimum absolute atomic E-state index is 0.0428. The first-order valence-corrected chi connectivity index (χ1v) is 15.3. The van der Waals surface area contributed by atoms with Gasteiger partial charge in [0.15, 0.2) is 6.10 Å². The summed E-state index contributed by atoms with van der Waals surface area (Å²) in [5.74, 6) is -2.33. The molecule has 9 heteroatoms. The SMILES string of the molecule is CC(C)C[C@@H]1OC(=O)C(C)(C)CNC(=O)[C@@H](Cc2ccccc2)NC(=O)/C=C/C[C@@H]([C@H](C)[C@H]2O[C@@H]2c2ccccc2)OC1=O. The number of rotatable bonds is 7. The monoisotopic (exact) mass is 604 g/mol. The van der Waals surface area contributed by atoms with Gasteiger partial charge in [0.05, 0.1) is 11.5 Å². The van der Waals surface area contributed by atoms with Gasteiger partial charge in [-0.2, -0.15) is 0 Å². The maximum Gasteiger partial charge on any atom is 0.347 e. The topological polar surface area (TPSA) is 123 Å². The fraction of sp³-hybridized carbons (Fsp3) is 0.486. The maximum atomic E-state index is 13.5. The second-order valence-corrected chi connectivity index (χ2v) is 12.8. The molecule has 0 aromatic heterocycles. The van der Waals surface area contributed by atoms with Gasteiger partial charge in [-0.05, 0) is 43.4 Å². The molecule has 44 heavy (non-hydrogen) atoms. The molecule has 1 fully saturated rings. The number of carbonyl (C=O) groups excluding carboxylic acids is 4. The van der Waals surface area contributed by atoms with Crippen LogP contribution < -0.4 is 10.6 Å². The van der Waals surface area contributed by atoms with Crippen LogP contribution >= 0.6 is 0 Å². The van der Waals surface area contributed by atoms with Gasteiger partial charge in [-0.25, -0.2) is 4.79 Å². The number of carbonyl (C=O) groups is 4. The standard InChI is InChI=1S/C35H44N2O7/c1-22(2)19-28-33(40)42-27(23(3)30-31(44-30)25-15-10-7-11-16-25)17-12-18-29(38)37-26(20-24-13-8-6-9-14-24)32(39)36-21-35(4,5)34(41)43-28/h6-16,18,22-23,26-28,30-31H,17,19-21H2,1-5H3,(H,36,39)(H,37,38)/b18-12+/t23-,26+,27-,28-,30+,31+/m0/s1. The molecule has 2 aliphatic heterocycles. The molecule has 2 heterocycles. The summed E-state index contributed by atoms with van der Waals surface area (Å²) in [5.41, 5.74) is 0.760. The maximum absolute atomic E-state index is 13.5. The van der Waals surface area contributed by atoms with Crippen molar-refractivity contribution in [2.24, 2.45) is 17.3 Å². The van der Waals surface area contributed by atoms with Crippen LogP contribution in [0, 0.1) is 17.3 Å². The van der Waals surface area contributed by atoms with Crippen LogP contribution in [0.2, 0.25) is 0 Å². The summed E-state index contributed by atoms with van der Waals surface area (Å²) in [7, 11) is 0.